The number of morpholine rings is 1. The summed E-state index contributed by atoms with van der Waals surface area (Å²) in [5.74, 6) is 0. The lowest BCUT2D eigenvalue weighted by Gasteiger charge is -2.41. The van der Waals surface area contributed by atoms with Crippen molar-refractivity contribution in [3.8, 4) is 0 Å². The maximum Gasteiger partial charge on any atom is 0.317 e. The standard InChI is InChI=1S/C20H29N3O2/c24-19(23-14-15-25-20(16-23)10-4-5-11-20)21-17-8-12-22(13-9-17)18-6-2-1-3-7-18/h1-3,6-7,17H,4-5,8-16H2,(H,21,24). The summed E-state index contributed by atoms with van der Waals surface area (Å²) in [4.78, 5) is 17.1. The summed E-state index contributed by atoms with van der Waals surface area (Å²) in [6.07, 6.45) is 6.69. The van der Waals surface area contributed by atoms with E-state index < -0.39 is 0 Å². The van der Waals surface area contributed by atoms with Gasteiger partial charge < -0.3 is 19.9 Å². The van der Waals surface area contributed by atoms with Crippen LogP contribution in [0.1, 0.15) is 38.5 Å². The summed E-state index contributed by atoms with van der Waals surface area (Å²) in [7, 11) is 0. The summed E-state index contributed by atoms with van der Waals surface area (Å²) < 4.78 is 6.03. The minimum atomic E-state index is -0.0493. The third kappa shape index (κ3) is 3.76. The molecule has 0 radical (unpaired) electrons. The van der Waals surface area contributed by atoms with E-state index in [1.54, 1.807) is 0 Å². The van der Waals surface area contributed by atoms with E-state index in [9.17, 15) is 4.79 Å². The van der Waals surface area contributed by atoms with E-state index in [0.29, 0.717) is 6.61 Å². The number of hydrogen-bond acceptors (Lipinski definition) is 3. The summed E-state index contributed by atoms with van der Waals surface area (Å²) in [5.41, 5.74) is 1.23. The quantitative estimate of drug-likeness (QED) is 0.898. The summed E-state index contributed by atoms with van der Waals surface area (Å²) >= 11 is 0. The maximum atomic E-state index is 12.7. The van der Waals surface area contributed by atoms with Gasteiger partial charge in [-0.15, -0.1) is 0 Å². The predicted octanol–water partition coefficient (Wildman–Crippen LogP) is 3.01. The number of rotatable bonds is 2. The van der Waals surface area contributed by atoms with Crippen LogP contribution in [0.5, 0.6) is 0 Å². The van der Waals surface area contributed by atoms with E-state index in [2.05, 4.69) is 40.5 Å². The molecule has 0 aromatic heterocycles. The van der Waals surface area contributed by atoms with Crippen molar-refractivity contribution < 1.29 is 9.53 Å². The molecule has 2 saturated heterocycles. The molecule has 3 aliphatic rings. The summed E-state index contributed by atoms with van der Waals surface area (Å²) in [5, 5.41) is 3.27. The first-order valence-corrected chi connectivity index (χ1v) is 9.74. The van der Waals surface area contributed by atoms with Gasteiger partial charge >= 0.3 is 6.03 Å². The molecule has 1 aromatic carbocycles. The molecule has 2 amide bonds. The van der Waals surface area contributed by atoms with Crippen LogP contribution in [0.4, 0.5) is 10.5 Å². The van der Waals surface area contributed by atoms with Crippen molar-refractivity contribution in [1.82, 2.24) is 10.2 Å². The van der Waals surface area contributed by atoms with Gasteiger partial charge in [-0.2, -0.15) is 0 Å². The molecule has 3 fully saturated rings. The van der Waals surface area contributed by atoms with Crippen LogP contribution in [0.2, 0.25) is 0 Å². The van der Waals surface area contributed by atoms with Gasteiger partial charge in [-0.25, -0.2) is 4.79 Å². The van der Waals surface area contributed by atoms with Crippen LogP contribution in [0.25, 0.3) is 0 Å². The van der Waals surface area contributed by atoms with E-state index in [-0.39, 0.29) is 17.7 Å². The van der Waals surface area contributed by atoms with Crippen molar-refractivity contribution in [2.75, 3.05) is 37.7 Å². The second kappa shape index (κ2) is 7.24. The SMILES string of the molecule is O=C(NC1CCN(c2ccccc2)CC1)N1CCOC2(CCCC2)C1. The number of nitrogens with one attached hydrogen (secondary N) is 1. The Morgan fingerprint density at radius 3 is 2.52 bits per heavy atom. The van der Waals surface area contributed by atoms with Gasteiger partial charge in [-0.1, -0.05) is 31.0 Å². The Hall–Kier alpha value is -1.75. The second-order valence-corrected chi connectivity index (χ2v) is 7.71. The van der Waals surface area contributed by atoms with Crippen molar-refractivity contribution in [3.05, 3.63) is 30.3 Å². The number of ether oxygens (including phenoxy) is 1. The molecule has 1 N–H and O–H groups in total. The van der Waals surface area contributed by atoms with Crippen LogP contribution in [0.15, 0.2) is 30.3 Å². The largest absolute Gasteiger partial charge is 0.371 e. The van der Waals surface area contributed by atoms with E-state index in [0.717, 1.165) is 51.9 Å². The predicted molar refractivity (Wildman–Crippen MR) is 98.9 cm³/mol. The molecule has 5 nitrogen and oxygen atoms in total. The molecule has 1 spiro atoms. The minimum Gasteiger partial charge on any atom is -0.371 e. The molecule has 1 aromatic rings. The molecule has 2 heterocycles. The third-order valence-corrected chi connectivity index (χ3v) is 5.99. The number of nitrogens with zero attached hydrogens (tertiary/aromatic N) is 2. The zero-order valence-electron chi connectivity index (χ0n) is 15.0. The molecule has 5 heteroatoms. The molecular formula is C20H29N3O2. The maximum absolute atomic E-state index is 12.7. The third-order valence-electron chi connectivity index (χ3n) is 5.99. The number of carbonyl (C=O) groups excluding carboxylic acids is 1. The van der Waals surface area contributed by atoms with Crippen LogP contribution < -0.4 is 10.2 Å². The highest BCUT2D eigenvalue weighted by molar-refractivity contribution is 5.74. The lowest BCUT2D eigenvalue weighted by atomic mass is 10.00. The first-order valence-electron chi connectivity index (χ1n) is 9.74. The number of para-hydroxylation sites is 1. The van der Waals surface area contributed by atoms with Crippen molar-refractivity contribution in [2.45, 2.75) is 50.2 Å². The van der Waals surface area contributed by atoms with Crippen molar-refractivity contribution in [1.29, 1.82) is 0 Å². The smallest absolute Gasteiger partial charge is 0.317 e. The zero-order valence-corrected chi connectivity index (χ0v) is 15.0. The molecule has 0 bridgehead atoms. The van der Waals surface area contributed by atoms with Gasteiger partial charge in [0.25, 0.3) is 0 Å². The number of hydrogen-bond donors (Lipinski definition) is 1. The number of amides is 2. The number of piperidine rings is 1. The van der Waals surface area contributed by atoms with Gasteiger partial charge in [0.05, 0.1) is 18.8 Å². The van der Waals surface area contributed by atoms with Crippen LogP contribution in [0.3, 0.4) is 0 Å². The topological polar surface area (TPSA) is 44.8 Å². The van der Waals surface area contributed by atoms with Crippen LogP contribution in [-0.2, 0) is 4.74 Å². The number of benzene rings is 1. The fourth-order valence-corrected chi connectivity index (χ4v) is 4.53. The Bertz CT molecular complexity index is 578. The molecule has 1 aliphatic carbocycles. The minimum absolute atomic E-state index is 0.0493. The van der Waals surface area contributed by atoms with E-state index >= 15 is 0 Å². The Balaban J connectivity index is 1.27. The van der Waals surface area contributed by atoms with E-state index in [4.69, 9.17) is 4.74 Å². The second-order valence-electron chi connectivity index (χ2n) is 7.71. The highest BCUT2D eigenvalue weighted by Gasteiger charge is 2.40. The van der Waals surface area contributed by atoms with Gasteiger partial charge in [0, 0.05) is 31.4 Å². The molecular weight excluding hydrogens is 314 g/mol. The molecule has 0 atom stereocenters. The summed E-state index contributed by atoms with van der Waals surface area (Å²) in [6, 6.07) is 10.9. The average molecular weight is 343 g/mol. The Morgan fingerprint density at radius 2 is 1.80 bits per heavy atom. The molecule has 4 rings (SSSR count). The Morgan fingerprint density at radius 1 is 1.08 bits per heavy atom. The van der Waals surface area contributed by atoms with E-state index in [1.807, 2.05) is 4.90 Å². The van der Waals surface area contributed by atoms with Crippen molar-refractivity contribution in [3.63, 3.8) is 0 Å². The van der Waals surface area contributed by atoms with Crippen LogP contribution in [0, 0.1) is 0 Å². The Kier molecular flexibility index (Phi) is 4.84. The molecule has 0 unspecified atom stereocenters. The van der Waals surface area contributed by atoms with Crippen molar-refractivity contribution >= 4 is 11.7 Å². The molecule has 136 valence electrons. The van der Waals surface area contributed by atoms with Gasteiger partial charge in [0.2, 0.25) is 0 Å². The highest BCUT2D eigenvalue weighted by atomic mass is 16.5. The highest BCUT2D eigenvalue weighted by Crippen LogP contribution is 2.35. The van der Waals surface area contributed by atoms with Gasteiger partial charge in [-0.3, -0.25) is 0 Å². The number of urea groups is 1. The van der Waals surface area contributed by atoms with Gasteiger partial charge in [-0.05, 0) is 37.8 Å². The van der Waals surface area contributed by atoms with Gasteiger partial charge in [0.15, 0.2) is 0 Å². The first-order chi connectivity index (χ1) is 12.2. The van der Waals surface area contributed by atoms with Crippen LogP contribution in [-0.4, -0.2) is 55.4 Å². The fourth-order valence-electron chi connectivity index (χ4n) is 4.53. The molecule has 1 saturated carbocycles. The lowest BCUT2D eigenvalue weighted by Crippen LogP contribution is -2.57. The lowest BCUT2D eigenvalue weighted by molar-refractivity contribution is -0.0927. The number of carbonyl (C=O) groups is 1. The van der Waals surface area contributed by atoms with E-state index in [1.165, 1.54) is 18.5 Å². The average Bonchev–Trinajstić information content (AvgIpc) is 3.10. The first kappa shape index (κ1) is 16.7. The zero-order chi connectivity index (χ0) is 17.1. The summed E-state index contributed by atoms with van der Waals surface area (Å²) in [6.45, 7) is 4.17. The monoisotopic (exact) mass is 343 g/mol. The Labute approximate surface area is 150 Å². The van der Waals surface area contributed by atoms with Crippen LogP contribution >= 0.6 is 0 Å². The molecule has 25 heavy (non-hydrogen) atoms. The number of anilines is 1. The van der Waals surface area contributed by atoms with Crippen molar-refractivity contribution in [2.24, 2.45) is 0 Å². The fraction of sp³-hybridized carbons (Fsp3) is 0.650. The van der Waals surface area contributed by atoms with Gasteiger partial charge in [0.1, 0.15) is 0 Å². The molecule has 2 aliphatic heterocycles. The normalized spacial score (nSPS) is 23.8.